The average molecular weight is 248 g/mol. The lowest BCUT2D eigenvalue weighted by molar-refractivity contribution is 0.474. The van der Waals surface area contributed by atoms with Crippen LogP contribution in [0.4, 0.5) is 0 Å². The van der Waals surface area contributed by atoms with E-state index in [-0.39, 0.29) is 0 Å². The highest BCUT2D eigenvalue weighted by atomic mass is 127. The van der Waals surface area contributed by atoms with Crippen LogP contribution in [-0.2, 0) is 0 Å². The molecule has 0 bridgehead atoms. The van der Waals surface area contributed by atoms with Gasteiger partial charge < -0.3 is 5.11 Å². The Bertz CT molecular complexity index is 220. The molecule has 0 fully saturated rings. The molecule has 1 aromatic carbocycles. The zero-order valence-electron chi connectivity index (χ0n) is 5.71. The van der Waals surface area contributed by atoms with Gasteiger partial charge in [0.1, 0.15) is 5.75 Å². The normalized spacial score (nSPS) is 13.0. The van der Waals surface area contributed by atoms with Crippen molar-refractivity contribution in [2.45, 2.75) is 10.8 Å². The molecule has 0 spiro atoms. The van der Waals surface area contributed by atoms with Gasteiger partial charge in [-0.05, 0) is 24.6 Å². The third-order valence-electron chi connectivity index (χ3n) is 1.33. The van der Waals surface area contributed by atoms with Crippen LogP contribution in [0.2, 0.25) is 0 Å². The van der Waals surface area contributed by atoms with Crippen molar-refractivity contribution in [1.29, 1.82) is 0 Å². The van der Waals surface area contributed by atoms with Crippen LogP contribution in [-0.4, -0.2) is 5.11 Å². The molecule has 0 aliphatic carbocycles. The van der Waals surface area contributed by atoms with Crippen molar-refractivity contribution in [3.8, 4) is 5.75 Å². The van der Waals surface area contributed by atoms with Gasteiger partial charge in [0.25, 0.3) is 0 Å². The lowest BCUT2D eigenvalue weighted by atomic mass is 10.2. The topological polar surface area (TPSA) is 20.2 Å². The molecule has 1 nitrogen and oxygen atoms in total. The molecule has 0 aliphatic rings. The van der Waals surface area contributed by atoms with Gasteiger partial charge in [0.2, 0.25) is 0 Å². The largest absolute Gasteiger partial charge is 0.508 e. The van der Waals surface area contributed by atoms with Crippen molar-refractivity contribution < 1.29 is 5.11 Å². The molecular formula is C8H9IO. The van der Waals surface area contributed by atoms with E-state index in [9.17, 15) is 0 Å². The summed E-state index contributed by atoms with van der Waals surface area (Å²) in [5.41, 5.74) is 1.17. The summed E-state index contributed by atoms with van der Waals surface area (Å²) in [5, 5.41) is 9.06. The molecule has 1 unspecified atom stereocenters. The predicted octanol–water partition coefficient (Wildman–Crippen LogP) is 2.89. The molecule has 10 heavy (non-hydrogen) atoms. The van der Waals surface area contributed by atoms with Crippen LogP contribution >= 0.6 is 22.6 Å². The first kappa shape index (κ1) is 7.85. The molecule has 0 aliphatic heterocycles. The average Bonchev–Trinajstić information content (AvgIpc) is 1.88. The highest BCUT2D eigenvalue weighted by Crippen LogP contribution is 2.24. The minimum absolute atomic E-state index is 0.348. The first-order valence-electron chi connectivity index (χ1n) is 3.13. The molecule has 0 saturated carbocycles. The molecule has 0 aromatic heterocycles. The van der Waals surface area contributed by atoms with E-state index in [2.05, 4.69) is 29.5 Å². The van der Waals surface area contributed by atoms with E-state index in [0.717, 1.165) is 0 Å². The molecule has 54 valence electrons. The fourth-order valence-electron chi connectivity index (χ4n) is 0.772. The third-order valence-corrected chi connectivity index (χ3v) is 2.05. The van der Waals surface area contributed by atoms with Gasteiger partial charge in [0.05, 0.1) is 0 Å². The smallest absolute Gasteiger partial charge is 0.115 e. The van der Waals surface area contributed by atoms with Gasteiger partial charge in [-0.15, -0.1) is 0 Å². The van der Waals surface area contributed by atoms with Crippen molar-refractivity contribution in [3.63, 3.8) is 0 Å². The molecule has 1 N–H and O–H groups in total. The number of aromatic hydroxyl groups is 1. The van der Waals surface area contributed by atoms with Gasteiger partial charge >= 0.3 is 0 Å². The van der Waals surface area contributed by atoms with E-state index >= 15 is 0 Å². The van der Waals surface area contributed by atoms with Gasteiger partial charge in [0, 0.05) is 3.92 Å². The molecule has 0 amide bonds. The predicted molar refractivity (Wildman–Crippen MR) is 50.5 cm³/mol. The molecule has 0 radical (unpaired) electrons. The zero-order chi connectivity index (χ0) is 7.56. The quantitative estimate of drug-likeness (QED) is 0.598. The molecule has 2 heteroatoms. The lowest BCUT2D eigenvalue weighted by Crippen LogP contribution is -1.80. The van der Waals surface area contributed by atoms with E-state index in [1.165, 1.54) is 5.56 Å². The van der Waals surface area contributed by atoms with Crippen LogP contribution in [0.1, 0.15) is 16.4 Å². The second-order valence-corrected chi connectivity index (χ2v) is 4.08. The Hall–Kier alpha value is -0.250. The van der Waals surface area contributed by atoms with Crippen molar-refractivity contribution in [2.24, 2.45) is 0 Å². The van der Waals surface area contributed by atoms with Gasteiger partial charge in [-0.2, -0.15) is 0 Å². The number of phenolic OH excluding ortho intramolecular Hbond substituents is 1. The first-order chi connectivity index (χ1) is 4.70. The Morgan fingerprint density at radius 1 is 1.50 bits per heavy atom. The van der Waals surface area contributed by atoms with Gasteiger partial charge in [0.15, 0.2) is 0 Å². The fourth-order valence-corrected chi connectivity index (χ4v) is 1.16. The lowest BCUT2D eigenvalue weighted by Gasteiger charge is -2.02. The maximum Gasteiger partial charge on any atom is 0.115 e. The summed E-state index contributed by atoms with van der Waals surface area (Å²) in [7, 11) is 0. The molecule has 1 rings (SSSR count). The Kier molecular flexibility index (Phi) is 2.54. The standard InChI is InChI=1S/C8H9IO/c1-6(9)7-3-2-4-8(10)5-7/h2-6,10H,1H3. The molecule has 0 saturated heterocycles. The number of phenols is 1. The van der Waals surface area contributed by atoms with Crippen molar-refractivity contribution in [2.75, 3.05) is 0 Å². The monoisotopic (exact) mass is 248 g/mol. The van der Waals surface area contributed by atoms with Gasteiger partial charge in [-0.1, -0.05) is 34.7 Å². The first-order valence-corrected chi connectivity index (χ1v) is 4.37. The van der Waals surface area contributed by atoms with Crippen molar-refractivity contribution >= 4 is 22.6 Å². The Morgan fingerprint density at radius 2 is 2.20 bits per heavy atom. The summed E-state index contributed by atoms with van der Waals surface area (Å²) in [6.45, 7) is 2.09. The van der Waals surface area contributed by atoms with Crippen LogP contribution < -0.4 is 0 Å². The van der Waals surface area contributed by atoms with Crippen LogP contribution in [0.15, 0.2) is 24.3 Å². The van der Waals surface area contributed by atoms with Crippen LogP contribution in [0.5, 0.6) is 5.75 Å². The second-order valence-electron chi connectivity index (χ2n) is 2.21. The molecule has 0 heterocycles. The maximum atomic E-state index is 9.06. The highest BCUT2D eigenvalue weighted by Gasteiger charge is 1.99. The van der Waals surface area contributed by atoms with Gasteiger partial charge in [-0.3, -0.25) is 0 Å². The van der Waals surface area contributed by atoms with Gasteiger partial charge in [-0.25, -0.2) is 0 Å². The van der Waals surface area contributed by atoms with Crippen molar-refractivity contribution in [1.82, 2.24) is 0 Å². The number of rotatable bonds is 1. The van der Waals surface area contributed by atoms with Crippen molar-refractivity contribution in [3.05, 3.63) is 29.8 Å². The summed E-state index contributed by atoms with van der Waals surface area (Å²) < 4.78 is 0.463. The summed E-state index contributed by atoms with van der Waals surface area (Å²) >= 11 is 2.31. The summed E-state index contributed by atoms with van der Waals surface area (Å²) in [6, 6.07) is 7.34. The molecule has 1 atom stereocenters. The number of benzene rings is 1. The molecule has 1 aromatic rings. The minimum atomic E-state index is 0.348. The summed E-state index contributed by atoms with van der Waals surface area (Å²) in [5.74, 6) is 0.348. The zero-order valence-corrected chi connectivity index (χ0v) is 7.87. The van der Waals surface area contributed by atoms with E-state index in [0.29, 0.717) is 9.67 Å². The maximum absolute atomic E-state index is 9.06. The SMILES string of the molecule is CC(I)c1cccc(O)c1. The van der Waals surface area contributed by atoms with Crippen LogP contribution in [0.3, 0.4) is 0 Å². The highest BCUT2D eigenvalue weighted by molar-refractivity contribution is 14.1. The van der Waals surface area contributed by atoms with Crippen LogP contribution in [0, 0.1) is 0 Å². The summed E-state index contributed by atoms with van der Waals surface area (Å²) in [4.78, 5) is 0. The van der Waals surface area contributed by atoms with E-state index in [1.807, 2.05) is 12.1 Å². The fraction of sp³-hybridized carbons (Fsp3) is 0.250. The number of alkyl halides is 1. The van der Waals surface area contributed by atoms with E-state index < -0.39 is 0 Å². The van der Waals surface area contributed by atoms with E-state index in [4.69, 9.17) is 5.11 Å². The molecular weight excluding hydrogens is 239 g/mol. The second kappa shape index (κ2) is 3.23. The van der Waals surface area contributed by atoms with Crippen LogP contribution in [0.25, 0.3) is 0 Å². The number of halogens is 1. The Balaban J connectivity index is 2.96. The Morgan fingerprint density at radius 3 is 2.60 bits per heavy atom. The number of hydrogen-bond donors (Lipinski definition) is 1. The summed E-state index contributed by atoms with van der Waals surface area (Å²) in [6.07, 6.45) is 0. The number of hydrogen-bond acceptors (Lipinski definition) is 1. The van der Waals surface area contributed by atoms with E-state index in [1.54, 1.807) is 12.1 Å². The Labute approximate surface area is 74.2 Å². The third kappa shape index (κ3) is 1.87. The minimum Gasteiger partial charge on any atom is -0.508 e.